The molecule has 23 heavy (non-hydrogen) atoms. The van der Waals surface area contributed by atoms with Crippen LogP contribution in [0, 0.1) is 0 Å². The molecule has 3 rings (SSSR count). The highest BCUT2D eigenvalue weighted by molar-refractivity contribution is 9.10. The molecule has 2 aromatic heterocycles. The largest absolute Gasteiger partial charge is 0.372 e. The molecule has 5 nitrogen and oxygen atoms in total. The van der Waals surface area contributed by atoms with Crippen LogP contribution in [0.25, 0.3) is 0 Å². The normalized spacial score (nSPS) is 17.5. The Morgan fingerprint density at radius 2 is 2.22 bits per heavy atom. The van der Waals surface area contributed by atoms with Crippen molar-refractivity contribution in [3.05, 3.63) is 57.5 Å². The average Bonchev–Trinajstić information content (AvgIpc) is 3.04. The van der Waals surface area contributed by atoms with E-state index in [9.17, 15) is 4.79 Å². The van der Waals surface area contributed by atoms with Gasteiger partial charge in [0.15, 0.2) is 0 Å². The highest BCUT2D eigenvalue weighted by atomic mass is 79.9. The lowest BCUT2D eigenvalue weighted by Crippen LogP contribution is -2.30. The molecule has 0 bridgehead atoms. The molecule has 1 aliphatic rings. The van der Waals surface area contributed by atoms with E-state index in [0.29, 0.717) is 25.3 Å². The third-order valence-electron chi connectivity index (χ3n) is 3.70. The smallest absolute Gasteiger partial charge is 0.257 e. The van der Waals surface area contributed by atoms with Crippen LogP contribution in [0.2, 0.25) is 5.15 Å². The lowest BCUT2D eigenvalue weighted by molar-refractivity contribution is 0.0437. The van der Waals surface area contributed by atoms with Gasteiger partial charge in [0.25, 0.3) is 5.91 Å². The highest BCUT2D eigenvalue weighted by Crippen LogP contribution is 2.23. The summed E-state index contributed by atoms with van der Waals surface area (Å²) in [5.74, 6) is -0.112. The number of hydrogen-bond donors (Lipinski definition) is 0. The molecule has 0 aliphatic carbocycles. The van der Waals surface area contributed by atoms with Gasteiger partial charge >= 0.3 is 0 Å². The minimum absolute atomic E-state index is 0.0333. The first-order valence-electron chi connectivity index (χ1n) is 7.24. The van der Waals surface area contributed by atoms with Crippen molar-refractivity contribution in [1.82, 2.24) is 14.9 Å². The summed E-state index contributed by atoms with van der Waals surface area (Å²) in [6.07, 6.45) is 5.90. The first kappa shape index (κ1) is 16.4. The van der Waals surface area contributed by atoms with Gasteiger partial charge < -0.3 is 9.64 Å². The van der Waals surface area contributed by atoms with Gasteiger partial charge in [-0.1, -0.05) is 11.6 Å². The second-order valence-corrected chi connectivity index (χ2v) is 6.59. The van der Waals surface area contributed by atoms with Crippen molar-refractivity contribution in [2.24, 2.45) is 0 Å². The highest BCUT2D eigenvalue weighted by Gasteiger charge is 2.29. The third kappa shape index (κ3) is 4.07. The summed E-state index contributed by atoms with van der Waals surface area (Å²) in [7, 11) is 0. The number of hydrogen-bond acceptors (Lipinski definition) is 4. The fourth-order valence-electron chi connectivity index (χ4n) is 2.48. The van der Waals surface area contributed by atoms with E-state index in [1.807, 2.05) is 12.1 Å². The topological polar surface area (TPSA) is 55.3 Å². The fourth-order valence-corrected chi connectivity index (χ4v) is 3.00. The van der Waals surface area contributed by atoms with E-state index in [0.717, 1.165) is 16.5 Å². The van der Waals surface area contributed by atoms with Gasteiger partial charge in [-0.05, 0) is 46.1 Å². The third-order valence-corrected chi connectivity index (χ3v) is 4.44. The number of pyridine rings is 2. The maximum absolute atomic E-state index is 12.6. The van der Waals surface area contributed by atoms with Crippen LogP contribution in [-0.2, 0) is 11.3 Å². The zero-order chi connectivity index (χ0) is 16.2. The molecule has 120 valence electrons. The molecule has 3 heterocycles. The van der Waals surface area contributed by atoms with Crippen molar-refractivity contribution in [3.63, 3.8) is 0 Å². The van der Waals surface area contributed by atoms with Crippen LogP contribution in [0.1, 0.15) is 22.3 Å². The van der Waals surface area contributed by atoms with Gasteiger partial charge in [-0.15, -0.1) is 0 Å². The molecule has 0 radical (unpaired) electrons. The number of amides is 1. The summed E-state index contributed by atoms with van der Waals surface area (Å²) >= 11 is 9.34. The lowest BCUT2D eigenvalue weighted by atomic mass is 10.2. The van der Waals surface area contributed by atoms with E-state index in [1.165, 1.54) is 0 Å². The number of carbonyl (C=O) groups is 1. The molecule has 0 saturated carbocycles. The fraction of sp³-hybridized carbons (Fsp3) is 0.312. The van der Waals surface area contributed by atoms with Crippen molar-refractivity contribution in [3.8, 4) is 0 Å². The number of nitrogens with zero attached hydrogens (tertiary/aromatic N) is 3. The Bertz CT molecular complexity index is 699. The number of halogens is 2. The Morgan fingerprint density at radius 1 is 1.43 bits per heavy atom. The molecule has 7 heteroatoms. The van der Waals surface area contributed by atoms with E-state index in [4.69, 9.17) is 16.3 Å². The molecular weight excluding hydrogens is 382 g/mol. The first-order chi connectivity index (χ1) is 11.1. The van der Waals surface area contributed by atoms with E-state index >= 15 is 0 Å². The molecule has 0 N–H and O–H groups in total. The van der Waals surface area contributed by atoms with Crippen molar-refractivity contribution in [2.45, 2.75) is 19.1 Å². The maximum Gasteiger partial charge on any atom is 0.257 e. The molecule has 1 amide bonds. The minimum Gasteiger partial charge on any atom is -0.372 e. The van der Waals surface area contributed by atoms with Crippen molar-refractivity contribution >= 4 is 33.4 Å². The van der Waals surface area contributed by atoms with Crippen LogP contribution >= 0.6 is 27.5 Å². The Balaban J connectivity index is 1.59. The van der Waals surface area contributed by atoms with Crippen LogP contribution in [0.5, 0.6) is 0 Å². The van der Waals surface area contributed by atoms with Crippen molar-refractivity contribution in [1.29, 1.82) is 0 Å². The van der Waals surface area contributed by atoms with Crippen LogP contribution in [0.15, 0.2) is 41.3 Å². The van der Waals surface area contributed by atoms with Crippen LogP contribution in [0.4, 0.5) is 0 Å². The summed E-state index contributed by atoms with van der Waals surface area (Å²) in [4.78, 5) is 22.3. The van der Waals surface area contributed by atoms with E-state index in [1.54, 1.807) is 29.6 Å². The van der Waals surface area contributed by atoms with E-state index in [2.05, 4.69) is 25.9 Å². The number of carbonyl (C=O) groups excluding carboxylic acids is 1. The van der Waals surface area contributed by atoms with Crippen molar-refractivity contribution < 1.29 is 9.53 Å². The van der Waals surface area contributed by atoms with E-state index in [-0.39, 0.29) is 17.2 Å². The standard InChI is InChI=1S/C16H15BrClN3O2/c17-12-7-14(15(18)20-8-12)16(22)21-6-3-13(9-21)23-10-11-1-4-19-5-2-11/h1-2,4-5,7-8,13H,3,6,9-10H2/t13-/m1/s1. The predicted octanol–water partition coefficient (Wildman–Crippen LogP) is 3.32. The summed E-state index contributed by atoms with van der Waals surface area (Å²) in [6.45, 7) is 1.74. The van der Waals surface area contributed by atoms with Gasteiger partial charge in [0.2, 0.25) is 0 Å². The molecule has 0 unspecified atom stereocenters. The number of likely N-dealkylation sites (tertiary alicyclic amines) is 1. The summed E-state index contributed by atoms with van der Waals surface area (Å²) in [5, 5.41) is 0.222. The molecule has 0 spiro atoms. The average molecular weight is 397 g/mol. The SMILES string of the molecule is O=C(c1cc(Br)cnc1Cl)N1CC[C@@H](OCc2ccncc2)C1. The second-order valence-electron chi connectivity index (χ2n) is 5.32. The molecule has 1 aliphatic heterocycles. The molecule has 2 aromatic rings. The van der Waals surface area contributed by atoms with Crippen LogP contribution in [0.3, 0.4) is 0 Å². The predicted molar refractivity (Wildman–Crippen MR) is 90.3 cm³/mol. The first-order valence-corrected chi connectivity index (χ1v) is 8.41. The van der Waals surface area contributed by atoms with Crippen LogP contribution in [-0.4, -0.2) is 40.0 Å². The van der Waals surface area contributed by atoms with Gasteiger partial charge in [0, 0.05) is 36.2 Å². The number of aromatic nitrogens is 2. The molecule has 1 atom stereocenters. The minimum atomic E-state index is -0.112. The lowest BCUT2D eigenvalue weighted by Gasteiger charge is -2.17. The Morgan fingerprint density at radius 3 is 3.00 bits per heavy atom. The monoisotopic (exact) mass is 395 g/mol. The van der Waals surface area contributed by atoms with Gasteiger partial charge in [-0.25, -0.2) is 4.98 Å². The van der Waals surface area contributed by atoms with Gasteiger partial charge in [-0.3, -0.25) is 9.78 Å². The number of ether oxygens (including phenoxy) is 1. The van der Waals surface area contributed by atoms with Gasteiger partial charge in [-0.2, -0.15) is 0 Å². The van der Waals surface area contributed by atoms with Gasteiger partial charge in [0.1, 0.15) is 5.15 Å². The zero-order valence-electron chi connectivity index (χ0n) is 12.3. The molecule has 1 saturated heterocycles. The summed E-state index contributed by atoms with van der Waals surface area (Å²) < 4.78 is 6.61. The molecule has 0 aromatic carbocycles. The second kappa shape index (κ2) is 7.38. The Labute approximate surface area is 147 Å². The van der Waals surface area contributed by atoms with Gasteiger partial charge in [0.05, 0.1) is 18.3 Å². The maximum atomic E-state index is 12.6. The summed E-state index contributed by atoms with van der Waals surface area (Å²) in [6, 6.07) is 5.54. The van der Waals surface area contributed by atoms with E-state index < -0.39 is 0 Å². The Kier molecular flexibility index (Phi) is 5.25. The summed E-state index contributed by atoms with van der Waals surface area (Å²) in [5.41, 5.74) is 1.49. The molecule has 1 fully saturated rings. The van der Waals surface area contributed by atoms with Crippen molar-refractivity contribution in [2.75, 3.05) is 13.1 Å². The quantitative estimate of drug-likeness (QED) is 0.744. The Hall–Kier alpha value is -1.50. The van der Waals surface area contributed by atoms with Crippen LogP contribution < -0.4 is 0 Å². The number of rotatable bonds is 4. The molecular formula is C16H15BrClN3O2. The zero-order valence-corrected chi connectivity index (χ0v) is 14.6.